The van der Waals surface area contributed by atoms with Crippen molar-refractivity contribution < 1.29 is 4.79 Å². The molecule has 1 aliphatic rings. The third-order valence-electron chi connectivity index (χ3n) is 3.11. The molecule has 0 aromatic heterocycles. The van der Waals surface area contributed by atoms with Gasteiger partial charge in [-0.05, 0) is 37.1 Å². The highest BCUT2D eigenvalue weighted by Gasteiger charge is 2.29. The number of nitrogens with zero attached hydrogens (tertiary/aromatic N) is 1. The average Bonchev–Trinajstić information content (AvgIpc) is 2.64. The Hall–Kier alpha value is -1.55. The van der Waals surface area contributed by atoms with Gasteiger partial charge in [0.05, 0.1) is 0 Å². The van der Waals surface area contributed by atoms with E-state index < -0.39 is 0 Å². The van der Waals surface area contributed by atoms with Gasteiger partial charge in [0.25, 0.3) is 0 Å². The number of hydrogen-bond donors (Lipinski definition) is 2. The van der Waals surface area contributed by atoms with Crippen LogP contribution < -0.4 is 16.4 Å². The van der Waals surface area contributed by atoms with Gasteiger partial charge in [-0.25, -0.2) is 0 Å². The molecule has 0 aliphatic carbocycles. The molecular weight excluding hydrogens is 202 g/mol. The standard InChI is InChI=1S/C12H17N3O/c1-8-2-3-10(5-11(8)14)15-7-9(6-13)4-12(15)16/h2-3,5,9H,4,6-7,13-14H2,1H3. The number of amides is 1. The van der Waals surface area contributed by atoms with Crippen molar-refractivity contribution in [2.45, 2.75) is 13.3 Å². The van der Waals surface area contributed by atoms with Gasteiger partial charge < -0.3 is 16.4 Å². The number of aryl methyl sites for hydroxylation is 1. The van der Waals surface area contributed by atoms with Gasteiger partial charge in [0.2, 0.25) is 5.91 Å². The minimum atomic E-state index is 0.138. The van der Waals surface area contributed by atoms with E-state index in [-0.39, 0.29) is 11.8 Å². The molecule has 2 rings (SSSR count). The molecule has 0 radical (unpaired) electrons. The maximum Gasteiger partial charge on any atom is 0.227 e. The van der Waals surface area contributed by atoms with E-state index in [2.05, 4.69) is 0 Å². The first-order valence-electron chi connectivity index (χ1n) is 5.48. The molecule has 4 nitrogen and oxygen atoms in total. The largest absolute Gasteiger partial charge is 0.398 e. The van der Waals surface area contributed by atoms with E-state index in [1.807, 2.05) is 25.1 Å². The molecule has 1 saturated heterocycles. The van der Waals surface area contributed by atoms with Crippen molar-refractivity contribution in [3.8, 4) is 0 Å². The maximum absolute atomic E-state index is 11.8. The summed E-state index contributed by atoms with van der Waals surface area (Å²) in [7, 11) is 0. The SMILES string of the molecule is Cc1ccc(N2CC(CN)CC2=O)cc1N. The Balaban J connectivity index is 2.24. The Morgan fingerprint density at radius 1 is 1.50 bits per heavy atom. The fourth-order valence-electron chi connectivity index (χ4n) is 1.98. The van der Waals surface area contributed by atoms with Crippen LogP contribution in [-0.4, -0.2) is 19.0 Å². The number of hydrogen-bond acceptors (Lipinski definition) is 3. The number of anilines is 2. The zero-order valence-electron chi connectivity index (χ0n) is 9.44. The van der Waals surface area contributed by atoms with Crippen molar-refractivity contribution >= 4 is 17.3 Å². The number of rotatable bonds is 2. The summed E-state index contributed by atoms with van der Waals surface area (Å²) in [5.41, 5.74) is 14.1. The summed E-state index contributed by atoms with van der Waals surface area (Å²) in [6.07, 6.45) is 0.546. The Morgan fingerprint density at radius 2 is 2.25 bits per heavy atom. The molecule has 4 heteroatoms. The molecule has 1 unspecified atom stereocenters. The molecule has 1 aromatic rings. The number of nitrogens with two attached hydrogens (primary N) is 2. The molecule has 0 spiro atoms. The van der Waals surface area contributed by atoms with Crippen molar-refractivity contribution in [1.82, 2.24) is 0 Å². The lowest BCUT2D eigenvalue weighted by molar-refractivity contribution is -0.117. The van der Waals surface area contributed by atoms with Gasteiger partial charge in [-0.2, -0.15) is 0 Å². The Labute approximate surface area is 95.2 Å². The van der Waals surface area contributed by atoms with Crippen molar-refractivity contribution in [1.29, 1.82) is 0 Å². The lowest BCUT2D eigenvalue weighted by Gasteiger charge is -2.17. The van der Waals surface area contributed by atoms with Gasteiger partial charge in [0, 0.05) is 24.3 Å². The molecule has 16 heavy (non-hydrogen) atoms. The molecule has 1 fully saturated rings. The predicted octanol–water partition coefficient (Wildman–Crippen LogP) is 0.889. The molecule has 1 aliphatic heterocycles. The zero-order valence-corrected chi connectivity index (χ0v) is 9.44. The molecule has 0 saturated carbocycles. The van der Waals surface area contributed by atoms with E-state index in [1.54, 1.807) is 4.90 Å². The predicted molar refractivity (Wildman–Crippen MR) is 65.1 cm³/mol. The first kappa shape index (κ1) is 11.0. The summed E-state index contributed by atoms with van der Waals surface area (Å²) in [5, 5.41) is 0. The topological polar surface area (TPSA) is 72.3 Å². The van der Waals surface area contributed by atoms with Crippen LogP contribution in [0.25, 0.3) is 0 Å². The van der Waals surface area contributed by atoms with Crippen LogP contribution in [-0.2, 0) is 4.79 Å². The molecule has 1 atom stereocenters. The molecule has 1 amide bonds. The zero-order chi connectivity index (χ0) is 11.7. The highest BCUT2D eigenvalue weighted by Crippen LogP contribution is 2.27. The van der Waals surface area contributed by atoms with E-state index in [0.717, 1.165) is 16.9 Å². The van der Waals surface area contributed by atoms with Crippen LogP contribution in [0, 0.1) is 12.8 Å². The van der Waals surface area contributed by atoms with E-state index in [0.29, 0.717) is 19.5 Å². The van der Waals surface area contributed by atoms with Gasteiger partial charge in [0.15, 0.2) is 0 Å². The molecule has 1 heterocycles. The third kappa shape index (κ3) is 1.88. The van der Waals surface area contributed by atoms with Crippen molar-refractivity contribution in [2.24, 2.45) is 11.7 Å². The minimum absolute atomic E-state index is 0.138. The second-order valence-corrected chi connectivity index (χ2v) is 4.35. The van der Waals surface area contributed by atoms with Crippen LogP contribution >= 0.6 is 0 Å². The van der Waals surface area contributed by atoms with Crippen LogP contribution in [0.1, 0.15) is 12.0 Å². The molecule has 0 bridgehead atoms. The monoisotopic (exact) mass is 219 g/mol. The highest BCUT2D eigenvalue weighted by atomic mass is 16.2. The Morgan fingerprint density at radius 3 is 2.81 bits per heavy atom. The summed E-state index contributed by atoms with van der Waals surface area (Å²) >= 11 is 0. The van der Waals surface area contributed by atoms with Crippen molar-refractivity contribution in [2.75, 3.05) is 23.7 Å². The van der Waals surface area contributed by atoms with Gasteiger partial charge in [-0.3, -0.25) is 4.79 Å². The smallest absolute Gasteiger partial charge is 0.227 e. The molecule has 1 aromatic carbocycles. The summed E-state index contributed by atoms with van der Waals surface area (Å²) in [6.45, 7) is 3.22. The number of carbonyl (C=O) groups excluding carboxylic acids is 1. The number of benzene rings is 1. The van der Waals surface area contributed by atoms with Gasteiger partial charge in [-0.15, -0.1) is 0 Å². The van der Waals surface area contributed by atoms with Crippen LogP contribution in [0.4, 0.5) is 11.4 Å². The van der Waals surface area contributed by atoms with Gasteiger partial charge in [0.1, 0.15) is 0 Å². The fraction of sp³-hybridized carbons (Fsp3) is 0.417. The number of carbonyl (C=O) groups is 1. The minimum Gasteiger partial charge on any atom is -0.398 e. The first-order valence-corrected chi connectivity index (χ1v) is 5.48. The second kappa shape index (κ2) is 4.14. The maximum atomic E-state index is 11.8. The molecular formula is C12H17N3O. The quantitative estimate of drug-likeness (QED) is 0.725. The molecule has 4 N–H and O–H groups in total. The summed E-state index contributed by atoms with van der Waals surface area (Å²) in [6, 6.07) is 5.72. The summed E-state index contributed by atoms with van der Waals surface area (Å²) in [5.74, 6) is 0.411. The highest BCUT2D eigenvalue weighted by molar-refractivity contribution is 5.96. The van der Waals surface area contributed by atoms with Crippen molar-refractivity contribution in [3.05, 3.63) is 23.8 Å². The second-order valence-electron chi connectivity index (χ2n) is 4.35. The normalized spacial score (nSPS) is 20.5. The van der Waals surface area contributed by atoms with E-state index in [9.17, 15) is 4.79 Å². The fourth-order valence-corrected chi connectivity index (χ4v) is 1.98. The third-order valence-corrected chi connectivity index (χ3v) is 3.11. The lowest BCUT2D eigenvalue weighted by Crippen LogP contribution is -2.25. The van der Waals surface area contributed by atoms with Crippen LogP contribution in [0.2, 0.25) is 0 Å². The van der Waals surface area contributed by atoms with E-state index in [4.69, 9.17) is 11.5 Å². The van der Waals surface area contributed by atoms with Crippen LogP contribution in [0.3, 0.4) is 0 Å². The van der Waals surface area contributed by atoms with Gasteiger partial charge >= 0.3 is 0 Å². The first-order chi connectivity index (χ1) is 7.61. The summed E-state index contributed by atoms with van der Waals surface area (Å²) in [4.78, 5) is 13.5. The Kier molecular flexibility index (Phi) is 2.83. The average molecular weight is 219 g/mol. The van der Waals surface area contributed by atoms with Crippen molar-refractivity contribution in [3.63, 3.8) is 0 Å². The van der Waals surface area contributed by atoms with E-state index >= 15 is 0 Å². The van der Waals surface area contributed by atoms with E-state index in [1.165, 1.54) is 0 Å². The lowest BCUT2D eigenvalue weighted by atomic mass is 10.1. The van der Waals surface area contributed by atoms with Crippen LogP contribution in [0.15, 0.2) is 18.2 Å². The van der Waals surface area contributed by atoms with Crippen LogP contribution in [0.5, 0.6) is 0 Å². The summed E-state index contributed by atoms with van der Waals surface area (Å²) < 4.78 is 0. The molecule has 86 valence electrons. The Bertz CT molecular complexity index is 417. The van der Waals surface area contributed by atoms with Gasteiger partial charge in [-0.1, -0.05) is 6.07 Å². The number of nitrogen functional groups attached to an aromatic ring is 1.